The van der Waals surface area contributed by atoms with Crippen LogP contribution in [0.5, 0.6) is 0 Å². The van der Waals surface area contributed by atoms with Gasteiger partial charge in [0.25, 0.3) is 0 Å². The van der Waals surface area contributed by atoms with E-state index < -0.39 is 0 Å². The summed E-state index contributed by atoms with van der Waals surface area (Å²) in [6.45, 7) is 6.03. The van der Waals surface area contributed by atoms with Gasteiger partial charge in [0.15, 0.2) is 5.96 Å². The second kappa shape index (κ2) is 10.8. The van der Waals surface area contributed by atoms with Gasteiger partial charge in [-0.3, -0.25) is 4.99 Å². The topological polar surface area (TPSA) is 79.2 Å². The lowest BCUT2D eigenvalue weighted by molar-refractivity contribution is 0.296. The first-order valence-corrected chi connectivity index (χ1v) is 11.3. The van der Waals surface area contributed by atoms with Crippen LogP contribution in [0.4, 0.5) is 0 Å². The van der Waals surface area contributed by atoms with Crippen molar-refractivity contribution >= 4 is 29.9 Å². The highest BCUT2D eigenvalue weighted by molar-refractivity contribution is 14.0. The smallest absolute Gasteiger partial charge is 0.191 e. The van der Waals surface area contributed by atoms with E-state index >= 15 is 0 Å². The van der Waals surface area contributed by atoms with Crippen LogP contribution in [0.3, 0.4) is 0 Å². The van der Waals surface area contributed by atoms with Gasteiger partial charge in [-0.05, 0) is 45.1 Å². The number of guanidine groups is 1. The van der Waals surface area contributed by atoms with Gasteiger partial charge in [-0.1, -0.05) is 43.2 Å². The van der Waals surface area contributed by atoms with Crippen molar-refractivity contribution < 1.29 is 0 Å². The van der Waals surface area contributed by atoms with Crippen molar-refractivity contribution in [2.24, 2.45) is 4.99 Å². The summed E-state index contributed by atoms with van der Waals surface area (Å²) < 4.78 is 2.03. The van der Waals surface area contributed by atoms with Gasteiger partial charge in [-0.2, -0.15) is 5.10 Å². The third-order valence-electron chi connectivity index (χ3n) is 6.49. The molecule has 1 aliphatic heterocycles. The minimum atomic E-state index is 0. The maximum Gasteiger partial charge on any atom is 0.191 e. The number of aromatic nitrogens is 3. The van der Waals surface area contributed by atoms with Gasteiger partial charge >= 0.3 is 0 Å². The number of benzene rings is 1. The normalized spacial score (nSPS) is 21.1. The molecule has 2 aliphatic rings. The van der Waals surface area contributed by atoms with E-state index in [1.165, 1.54) is 31.2 Å². The number of nitrogens with zero attached hydrogens (tertiary/aromatic N) is 4. The highest BCUT2D eigenvalue weighted by Gasteiger charge is 2.35. The molecule has 2 atom stereocenters. The van der Waals surface area contributed by atoms with Gasteiger partial charge in [-0.25, -0.2) is 9.67 Å². The molecule has 4 rings (SSSR count). The highest BCUT2D eigenvalue weighted by Crippen LogP contribution is 2.32. The van der Waals surface area contributed by atoms with Crippen molar-refractivity contribution in [3.05, 3.63) is 47.5 Å². The SMILES string of the molecule is CN=C(NCC1(NC(C)c2ccccc2)CCCC1)NC1CCCn2nc(C)nc21.I. The number of fused-ring (bicyclic) bond motifs is 1. The Morgan fingerprint density at radius 1 is 1.23 bits per heavy atom. The monoisotopic (exact) mass is 537 g/mol. The zero-order chi connectivity index (χ0) is 21.0. The van der Waals surface area contributed by atoms with Crippen molar-refractivity contribution in [3.8, 4) is 0 Å². The molecule has 31 heavy (non-hydrogen) atoms. The zero-order valence-corrected chi connectivity index (χ0v) is 21.2. The Balaban J connectivity index is 0.00000272. The van der Waals surface area contributed by atoms with Crippen LogP contribution >= 0.6 is 24.0 Å². The number of hydrogen-bond acceptors (Lipinski definition) is 4. The van der Waals surface area contributed by atoms with Gasteiger partial charge in [0.1, 0.15) is 11.6 Å². The quantitative estimate of drug-likeness (QED) is 0.296. The van der Waals surface area contributed by atoms with Gasteiger partial charge in [-0.15, -0.1) is 24.0 Å². The molecular weight excluding hydrogens is 501 g/mol. The molecular formula is C23H36IN7. The van der Waals surface area contributed by atoms with Gasteiger partial charge in [0.2, 0.25) is 0 Å². The van der Waals surface area contributed by atoms with Crippen LogP contribution in [0.1, 0.15) is 74.7 Å². The summed E-state index contributed by atoms with van der Waals surface area (Å²) in [4.78, 5) is 9.14. The van der Waals surface area contributed by atoms with Crippen LogP contribution in [-0.2, 0) is 6.54 Å². The minimum absolute atomic E-state index is 0. The van der Waals surface area contributed by atoms with E-state index in [1.54, 1.807) is 0 Å². The van der Waals surface area contributed by atoms with Crippen molar-refractivity contribution in [1.82, 2.24) is 30.7 Å². The van der Waals surface area contributed by atoms with E-state index in [1.807, 2.05) is 18.7 Å². The summed E-state index contributed by atoms with van der Waals surface area (Å²) in [7, 11) is 1.84. The van der Waals surface area contributed by atoms with Gasteiger partial charge in [0.05, 0.1) is 6.04 Å². The third kappa shape index (κ3) is 5.77. The molecule has 0 radical (unpaired) electrons. The molecule has 1 saturated carbocycles. The molecule has 7 nitrogen and oxygen atoms in total. The molecule has 0 bridgehead atoms. The third-order valence-corrected chi connectivity index (χ3v) is 6.49. The highest BCUT2D eigenvalue weighted by atomic mass is 127. The summed E-state index contributed by atoms with van der Waals surface area (Å²) in [6, 6.07) is 11.2. The molecule has 2 heterocycles. The van der Waals surface area contributed by atoms with Crippen LogP contribution in [0, 0.1) is 6.92 Å². The number of aliphatic imine (C=N–C) groups is 1. The lowest BCUT2D eigenvalue weighted by atomic mass is 9.94. The second-order valence-corrected chi connectivity index (χ2v) is 8.77. The zero-order valence-electron chi connectivity index (χ0n) is 18.9. The summed E-state index contributed by atoms with van der Waals surface area (Å²) in [5.41, 5.74) is 1.43. The number of hydrogen-bond donors (Lipinski definition) is 3. The van der Waals surface area contributed by atoms with Crippen molar-refractivity contribution in [3.63, 3.8) is 0 Å². The van der Waals surface area contributed by atoms with E-state index in [4.69, 9.17) is 0 Å². The Labute approximate surface area is 202 Å². The summed E-state index contributed by atoms with van der Waals surface area (Å²) in [5.74, 6) is 2.70. The molecule has 1 aromatic carbocycles. The average Bonchev–Trinajstić information content (AvgIpc) is 3.38. The predicted octanol–water partition coefficient (Wildman–Crippen LogP) is 3.87. The maximum absolute atomic E-state index is 4.64. The fourth-order valence-corrected chi connectivity index (χ4v) is 4.93. The van der Waals surface area contributed by atoms with Crippen molar-refractivity contribution in [2.45, 2.75) is 76.5 Å². The van der Waals surface area contributed by atoms with E-state index in [0.29, 0.717) is 6.04 Å². The Morgan fingerprint density at radius 3 is 2.68 bits per heavy atom. The molecule has 2 aromatic rings. The Bertz CT molecular complexity index is 858. The molecule has 170 valence electrons. The minimum Gasteiger partial charge on any atom is -0.355 e. The standard InChI is InChI=1S/C23H35N7.HI/c1-17(19-10-5-4-6-11-19)28-23(13-7-8-14-23)16-25-22(24-3)27-20-12-9-15-30-21(20)26-18(2)29-30;/h4-6,10-11,17,20,28H,7-9,12-16H2,1-3H3,(H2,24,25,27);1H. The van der Waals surface area contributed by atoms with Crippen molar-refractivity contribution in [1.29, 1.82) is 0 Å². The molecule has 8 heteroatoms. The molecule has 0 spiro atoms. The van der Waals surface area contributed by atoms with Crippen LogP contribution in [0.15, 0.2) is 35.3 Å². The Morgan fingerprint density at radius 2 is 1.97 bits per heavy atom. The van der Waals surface area contributed by atoms with Gasteiger partial charge < -0.3 is 16.0 Å². The van der Waals surface area contributed by atoms with E-state index in [-0.39, 0.29) is 35.6 Å². The number of halogens is 1. The molecule has 0 amide bonds. The maximum atomic E-state index is 4.64. The molecule has 1 aromatic heterocycles. The Kier molecular flexibility index (Phi) is 8.32. The summed E-state index contributed by atoms with van der Waals surface area (Å²) in [5, 5.41) is 15.7. The van der Waals surface area contributed by atoms with Crippen LogP contribution in [-0.4, -0.2) is 39.9 Å². The van der Waals surface area contributed by atoms with Crippen molar-refractivity contribution in [2.75, 3.05) is 13.6 Å². The average molecular weight is 537 g/mol. The first kappa shape index (κ1) is 24.0. The second-order valence-electron chi connectivity index (χ2n) is 8.77. The molecule has 1 aliphatic carbocycles. The number of rotatable bonds is 6. The van der Waals surface area contributed by atoms with Crippen LogP contribution in [0.25, 0.3) is 0 Å². The molecule has 0 saturated heterocycles. The largest absolute Gasteiger partial charge is 0.355 e. The summed E-state index contributed by atoms with van der Waals surface area (Å²) >= 11 is 0. The Hall–Kier alpha value is -1.68. The lowest BCUT2D eigenvalue weighted by Gasteiger charge is -2.35. The van der Waals surface area contributed by atoms with Gasteiger partial charge in [0, 0.05) is 31.7 Å². The fourth-order valence-electron chi connectivity index (χ4n) is 4.93. The molecule has 1 fully saturated rings. The number of aryl methyl sites for hydroxylation is 2. The lowest BCUT2D eigenvalue weighted by Crippen LogP contribution is -2.54. The molecule has 2 unspecified atom stereocenters. The van der Waals surface area contributed by atoms with E-state index in [9.17, 15) is 0 Å². The summed E-state index contributed by atoms with van der Waals surface area (Å²) in [6.07, 6.45) is 7.06. The van der Waals surface area contributed by atoms with E-state index in [2.05, 4.69) is 68.3 Å². The molecule has 3 N–H and O–H groups in total. The fraction of sp³-hybridized carbons (Fsp3) is 0.609. The first-order chi connectivity index (χ1) is 14.6. The van der Waals surface area contributed by atoms with Crippen LogP contribution < -0.4 is 16.0 Å². The number of nitrogens with one attached hydrogen (secondary N) is 3. The van der Waals surface area contributed by atoms with Crippen LogP contribution in [0.2, 0.25) is 0 Å². The predicted molar refractivity (Wildman–Crippen MR) is 136 cm³/mol. The van der Waals surface area contributed by atoms with E-state index in [0.717, 1.165) is 43.5 Å². The first-order valence-electron chi connectivity index (χ1n) is 11.3.